The molecule has 0 radical (unpaired) electrons. The Bertz CT molecular complexity index is 149. The van der Waals surface area contributed by atoms with Crippen molar-refractivity contribution in [2.24, 2.45) is 11.8 Å². The van der Waals surface area contributed by atoms with Crippen LogP contribution in [0.2, 0.25) is 0 Å². The summed E-state index contributed by atoms with van der Waals surface area (Å²) >= 11 is 0. The van der Waals surface area contributed by atoms with Crippen LogP contribution in [0, 0.1) is 11.8 Å². The van der Waals surface area contributed by atoms with Crippen LogP contribution in [0.15, 0.2) is 0 Å². The number of rotatable bonds is 0. The van der Waals surface area contributed by atoms with Gasteiger partial charge < -0.3 is 5.32 Å². The zero-order valence-corrected chi connectivity index (χ0v) is 7.69. The fourth-order valence-electron chi connectivity index (χ4n) is 2.57. The molecule has 1 N–H and O–H groups in total. The topological polar surface area (TPSA) is 12.0 Å². The van der Waals surface area contributed by atoms with E-state index in [-0.39, 0.29) is 0 Å². The fraction of sp³-hybridized carbons (Fsp3) is 1.00. The maximum Gasteiger partial charge on any atom is 0.0196 e. The molecule has 2 rings (SSSR count). The van der Waals surface area contributed by atoms with Crippen molar-refractivity contribution in [2.75, 3.05) is 6.54 Å². The highest BCUT2D eigenvalue weighted by molar-refractivity contribution is 5.00. The van der Waals surface area contributed by atoms with Gasteiger partial charge in [0.05, 0.1) is 0 Å². The van der Waals surface area contributed by atoms with Gasteiger partial charge in [-0.15, -0.1) is 0 Å². The van der Waals surface area contributed by atoms with Crippen LogP contribution in [-0.4, -0.2) is 12.1 Å². The molecule has 1 aliphatic heterocycles. The number of hydrogen-bond donors (Lipinski definition) is 1. The molecule has 1 nitrogen and oxygen atoms in total. The molecule has 2 aliphatic rings. The lowest BCUT2D eigenvalue weighted by atomic mass is 9.67. The van der Waals surface area contributed by atoms with E-state index in [4.69, 9.17) is 0 Å². The summed E-state index contributed by atoms with van der Waals surface area (Å²) in [5.41, 5.74) is 0.603. The van der Waals surface area contributed by atoms with Gasteiger partial charge in [0.1, 0.15) is 0 Å². The van der Waals surface area contributed by atoms with Crippen LogP contribution in [0.1, 0.15) is 39.5 Å². The van der Waals surface area contributed by atoms with Gasteiger partial charge in [0.2, 0.25) is 0 Å². The third-order valence-electron chi connectivity index (χ3n) is 3.87. The van der Waals surface area contributed by atoms with Crippen LogP contribution < -0.4 is 5.32 Å². The van der Waals surface area contributed by atoms with Gasteiger partial charge in [-0.1, -0.05) is 13.8 Å². The molecular formula is C10H19N. The second-order valence-electron chi connectivity index (χ2n) is 4.65. The molecule has 64 valence electrons. The first-order chi connectivity index (χ1) is 5.22. The Hall–Kier alpha value is -0.0400. The molecule has 1 heterocycles. The largest absolute Gasteiger partial charge is 0.311 e. The SMILES string of the molecule is CC1CCC2(CCN2)CC1C. The van der Waals surface area contributed by atoms with Crippen molar-refractivity contribution in [3.8, 4) is 0 Å². The number of hydrogen-bond acceptors (Lipinski definition) is 1. The molecule has 1 saturated heterocycles. The van der Waals surface area contributed by atoms with Crippen molar-refractivity contribution in [1.29, 1.82) is 0 Å². The van der Waals surface area contributed by atoms with Crippen molar-refractivity contribution in [3.63, 3.8) is 0 Å². The maximum absolute atomic E-state index is 3.61. The average molecular weight is 153 g/mol. The van der Waals surface area contributed by atoms with Crippen LogP contribution in [-0.2, 0) is 0 Å². The Morgan fingerprint density at radius 3 is 2.36 bits per heavy atom. The van der Waals surface area contributed by atoms with Crippen LogP contribution >= 0.6 is 0 Å². The monoisotopic (exact) mass is 153 g/mol. The zero-order chi connectivity index (χ0) is 7.90. The molecule has 0 amide bonds. The standard InChI is InChI=1S/C10H19N/c1-8-3-4-10(5-6-11-10)7-9(8)2/h8-9,11H,3-7H2,1-2H3. The highest BCUT2D eigenvalue weighted by Crippen LogP contribution is 2.40. The molecule has 0 bridgehead atoms. The second kappa shape index (κ2) is 2.48. The summed E-state index contributed by atoms with van der Waals surface area (Å²) in [6.07, 6.45) is 5.73. The van der Waals surface area contributed by atoms with E-state index in [1.54, 1.807) is 0 Å². The summed E-state index contributed by atoms with van der Waals surface area (Å²) in [7, 11) is 0. The number of nitrogens with one attached hydrogen (secondary N) is 1. The molecule has 1 saturated carbocycles. The van der Waals surface area contributed by atoms with Crippen molar-refractivity contribution in [3.05, 3.63) is 0 Å². The van der Waals surface area contributed by atoms with E-state index in [1.165, 1.54) is 32.2 Å². The molecule has 0 aromatic rings. The fourth-order valence-corrected chi connectivity index (χ4v) is 2.57. The van der Waals surface area contributed by atoms with Gasteiger partial charge in [-0.05, 0) is 44.1 Å². The van der Waals surface area contributed by atoms with Crippen molar-refractivity contribution >= 4 is 0 Å². The Labute approximate surface area is 69.6 Å². The summed E-state index contributed by atoms with van der Waals surface area (Å²) in [6.45, 7) is 6.07. The first kappa shape index (κ1) is 7.60. The predicted molar refractivity (Wildman–Crippen MR) is 47.5 cm³/mol. The van der Waals surface area contributed by atoms with Crippen LogP contribution in [0.3, 0.4) is 0 Å². The third-order valence-corrected chi connectivity index (χ3v) is 3.87. The second-order valence-corrected chi connectivity index (χ2v) is 4.65. The zero-order valence-electron chi connectivity index (χ0n) is 7.69. The molecule has 3 atom stereocenters. The van der Waals surface area contributed by atoms with Gasteiger partial charge in [-0.2, -0.15) is 0 Å². The lowest BCUT2D eigenvalue weighted by Crippen LogP contribution is -2.59. The Kier molecular flexibility index (Phi) is 1.71. The highest BCUT2D eigenvalue weighted by atomic mass is 15.0. The predicted octanol–water partition coefficient (Wildman–Crippen LogP) is 2.17. The lowest BCUT2D eigenvalue weighted by Gasteiger charge is -2.50. The van der Waals surface area contributed by atoms with E-state index in [0.29, 0.717) is 5.54 Å². The van der Waals surface area contributed by atoms with Crippen molar-refractivity contribution in [1.82, 2.24) is 5.32 Å². The van der Waals surface area contributed by atoms with E-state index in [1.807, 2.05) is 0 Å². The highest BCUT2D eigenvalue weighted by Gasteiger charge is 2.41. The summed E-state index contributed by atoms with van der Waals surface area (Å²) in [5.74, 6) is 1.90. The van der Waals surface area contributed by atoms with Crippen LogP contribution in [0.4, 0.5) is 0 Å². The van der Waals surface area contributed by atoms with E-state index in [0.717, 1.165) is 11.8 Å². The minimum absolute atomic E-state index is 0.603. The maximum atomic E-state index is 3.61. The minimum Gasteiger partial charge on any atom is -0.311 e. The van der Waals surface area contributed by atoms with Crippen molar-refractivity contribution in [2.45, 2.75) is 45.1 Å². The molecule has 3 unspecified atom stereocenters. The summed E-state index contributed by atoms with van der Waals surface area (Å²) < 4.78 is 0. The molecule has 1 spiro atoms. The van der Waals surface area contributed by atoms with E-state index in [2.05, 4.69) is 19.2 Å². The molecular weight excluding hydrogens is 134 g/mol. The molecule has 11 heavy (non-hydrogen) atoms. The lowest BCUT2D eigenvalue weighted by molar-refractivity contribution is 0.0832. The normalized spacial score (nSPS) is 50.7. The van der Waals surface area contributed by atoms with Gasteiger partial charge in [-0.3, -0.25) is 0 Å². The van der Waals surface area contributed by atoms with Gasteiger partial charge in [0, 0.05) is 5.54 Å². The minimum atomic E-state index is 0.603. The average Bonchev–Trinajstić information content (AvgIpc) is 1.92. The quantitative estimate of drug-likeness (QED) is 0.562. The first-order valence-corrected chi connectivity index (χ1v) is 4.97. The van der Waals surface area contributed by atoms with Crippen molar-refractivity contribution < 1.29 is 0 Å². The van der Waals surface area contributed by atoms with Gasteiger partial charge in [0.25, 0.3) is 0 Å². The Morgan fingerprint density at radius 2 is 1.91 bits per heavy atom. The van der Waals surface area contributed by atoms with E-state index < -0.39 is 0 Å². The van der Waals surface area contributed by atoms with Crippen LogP contribution in [0.25, 0.3) is 0 Å². The Balaban J connectivity index is 1.97. The Morgan fingerprint density at radius 1 is 1.18 bits per heavy atom. The van der Waals surface area contributed by atoms with Crippen LogP contribution in [0.5, 0.6) is 0 Å². The van der Waals surface area contributed by atoms with Gasteiger partial charge >= 0.3 is 0 Å². The smallest absolute Gasteiger partial charge is 0.0196 e. The third kappa shape index (κ3) is 1.20. The summed E-state index contributed by atoms with van der Waals surface area (Å²) in [6, 6.07) is 0. The van der Waals surface area contributed by atoms with E-state index >= 15 is 0 Å². The van der Waals surface area contributed by atoms with E-state index in [9.17, 15) is 0 Å². The molecule has 1 aliphatic carbocycles. The van der Waals surface area contributed by atoms with Gasteiger partial charge in [-0.25, -0.2) is 0 Å². The molecule has 1 heteroatoms. The summed E-state index contributed by atoms with van der Waals surface area (Å²) in [4.78, 5) is 0. The first-order valence-electron chi connectivity index (χ1n) is 4.97. The summed E-state index contributed by atoms with van der Waals surface area (Å²) in [5, 5.41) is 3.61. The molecule has 0 aromatic heterocycles. The molecule has 2 fully saturated rings. The molecule has 0 aromatic carbocycles. The van der Waals surface area contributed by atoms with Gasteiger partial charge in [0.15, 0.2) is 0 Å².